The number of nitrogens with one attached hydrogen (secondary N) is 2. The van der Waals surface area contributed by atoms with Crippen LogP contribution in [0.1, 0.15) is 92.6 Å². The molecule has 2 rings (SSSR count). The zero-order valence-corrected chi connectivity index (χ0v) is 17.2. The summed E-state index contributed by atoms with van der Waals surface area (Å²) in [4.78, 5) is 36.1. The second-order valence-electron chi connectivity index (χ2n) is 7.76. The predicted octanol–water partition coefficient (Wildman–Crippen LogP) is 3.09. The Kier molecular flexibility index (Phi) is 9.17. The van der Waals surface area contributed by atoms with Crippen molar-refractivity contribution in [2.45, 2.75) is 84.2 Å². The highest BCUT2D eigenvalue weighted by Gasteiger charge is 2.19. The summed E-state index contributed by atoms with van der Waals surface area (Å²) in [6, 6.07) is 1.65. The number of amides is 2. The third kappa shape index (κ3) is 6.77. The van der Waals surface area contributed by atoms with E-state index in [4.69, 9.17) is 0 Å². The molecule has 1 aromatic heterocycles. The number of aldehydes is 1. The molecule has 0 saturated heterocycles. The summed E-state index contributed by atoms with van der Waals surface area (Å²) in [5.74, 6) is -0.0297. The lowest BCUT2D eigenvalue weighted by atomic mass is 9.95. The van der Waals surface area contributed by atoms with Gasteiger partial charge in [0.25, 0.3) is 5.91 Å². The van der Waals surface area contributed by atoms with Crippen molar-refractivity contribution in [3.63, 3.8) is 0 Å². The molecule has 1 aliphatic carbocycles. The van der Waals surface area contributed by atoms with E-state index in [0.29, 0.717) is 18.7 Å². The van der Waals surface area contributed by atoms with Gasteiger partial charge in [-0.05, 0) is 31.2 Å². The number of carbonyl (C=O) groups is 3. The van der Waals surface area contributed by atoms with Crippen LogP contribution in [0.15, 0.2) is 6.07 Å². The van der Waals surface area contributed by atoms with Gasteiger partial charge in [-0.15, -0.1) is 0 Å². The summed E-state index contributed by atoms with van der Waals surface area (Å²) < 4.78 is 1.31. The molecule has 0 aromatic carbocycles. The summed E-state index contributed by atoms with van der Waals surface area (Å²) >= 11 is 0. The molecule has 7 nitrogen and oxygen atoms in total. The number of hydrogen-bond acceptors (Lipinski definition) is 4. The molecule has 1 aromatic rings. The second kappa shape index (κ2) is 11.6. The van der Waals surface area contributed by atoms with Crippen LogP contribution >= 0.6 is 0 Å². The molecular weight excluding hydrogens is 356 g/mol. The van der Waals surface area contributed by atoms with Crippen LogP contribution in [0.25, 0.3) is 0 Å². The number of unbranched alkanes of at least 4 members (excludes halogenated alkanes) is 1. The normalized spacial score (nSPS) is 15.8. The maximum Gasteiger partial charge on any atom is 0.271 e. The number of aromatic nitrogens is 2. The highest BCUT2D eigenvalue weighted by Crippen LogP contribution is 2.17. The lowest BCUT2D eigenvalue weighted by Gasteiger charge is -2.22. The van der Waals surface area contributed by atoms with Crippen LogP contribution in [0.4, 0.5) is 0 Å². The number of rotatable bonds is 11. The zero-order chi connectivity index (χ0) is 20.4. The fourth-order valence-electron chi connectivity index (χ4n) is 3.69. The van der Waals surface area contributed by atoms with Gasteiger partial charge in [-0.1, -0.05) is 52.4 Å². The first-order valence-electron chi connectivity index (χ1n) is 10.7. The highest BCUT2D eigenvalue weighted by atomic mass is 16.2. The smallest absolute Gasteiger partial charge is 0.271 e. The largest absolute Gasteiger partial charge is 0.352 e. The van der Waals surface area contributed by atoms with Gasteiger partial charge >= 0.3 is 0 Å². The average Bonchev–Trinajstić information content (AvgIpc) is 3.11. The third-order valence-corrected chi connectivity index (χ3v) is 5.52. The maximum absolute atomic E-state index is 12.4. The van der Waals surface area contributed by atoms with Gasteiger partial charge in [0.2, 0.25) is 5.91 Å². The van der Waals surface area contributed by atoms with Crippen LogP contribution in [0, 0.1) is 5.92 Å². The predicted molar refractivity (Wildman–Crippen MR) is 108 cm³/mol. The van der Waals surface area contributed by atoms with Crippen molar-refractivity contribution < 1.29 is 14.4 Å². The fraction of sp³-hybridized carbons (Fsp3) is 0.714. The van der Waals surface area contributed by atoms with Crippen LogP contribution in [0.5, 0.6) is 0 Å². The van der Waals surface area contributed by atoms with Crippen molar-refractivity contribution in [1.29, 1.82) is 0 Å². The molecule has 0 aliphatic heterocycles. The van der Waals surface area contributed by atoms with E-state index in [2.05, 4.69) is 29.6 Å². The van der Waals surface area contributed by atoms with E-state index in [-0.39, 0.29) is 35.8 Å². The minimum Gasteiger partial charge on any atom is -0.352 e. The lowest BCUT2D eigenvalue weighted by molar-refractivity contribution is -0.122. The summed E-state index contributed by atoms with van der Waals surface area (Å²) in [5.41, 5.74) is 0.417. The molecule has 1 atom stereocenters. The fourth-order valence-corrected chi connectivity index (χ4v) is 3.69. The monoisotopic (exact) mass is 390 g/mol. The summed E-state index contributed by atoms with van der Waals surface area (Å²) in [7, 11) is 0. The van der Waals surface area contributed by atoms with E-state index in [1.54, 1.807) is 0 Å². The maximum atomic E-state index is 12.4. The molecule has 1 fully saturated rings. The van der Waals surface area contributed by atoms with Crippen LogP contribution in [0.3, 0.4) is 0 Å². The van der Waals surface area contributed by atoms with Gasteiger partial charge < -0.3 is 10.6 Å². The van der Waals surface area contributed by atoms with Gasteiger partial charge in [0.05, 0.1) is 0 Å². The number of carbonyl (C=O) groups excluding carboxylic acids is 3. The van der Waals surface area contributed by atoms with E-state index in [1.807, 2.05) is 0 Å². The quantitative estimate of drug-likeness (QED) is 0.568. The van der Waals surface area contributed by atoms with E-state index in [1.165, 1.54) is 17.2 Å². The van der Waals surface area contributed by atoms with E-state index >= 15 is 0 Å². The SMILES string of the molecule is CCCCC(CC)CNC(=O)c1cc(C=O)n(CC(=O)NC2CCCCC2)n1. The van der Waals surface area contributed by atoms with Crippen LogP contribution in [-0.4, -0.2) is 40.5 Å². The van der Waals surface area contributed by atoms with E-state index in [9.17, 15) is 14.4 Å². The Balaban J connectivity index is 1.91. The van der Waals surface area contributed by atoms with Gasteiger partial charge in [-0.3, -0.25) is 19.1 Å². The second-order valence-corrected chi connectivity index (χ2v) is 7.76. The molecule has 1 unspecified atom stereocenters. The molecule has 0 radical (unpaired) electrons. The summed E-state index contributed by atoms with van der Waals surface area (Å²) in [6.45, 7) is 4.83. The first kappa shape index (κ1) is 22.1. The summed E-state index contributed by atoms with van der Waals surface area (Å²) in [6.07, 6.45) is 10.5. The van der Waals surface area contributed by atoms with Gasteiger partial charge in [0, 0.05) is 12.6 Å². The molecule has 7 heteroatoms. The molecule has 0 spiro atoms. The molecule has 156 valence electrons. The Hall–Kier alpha value is -2.18. The van der Waals surface area contributed by atoms with Crippen molar-refractivity contribution >= 4 is 18.1 Å². The van der Waals surface area contributed by atoms with Crippen molar-refractivity contribution in [2.75, 3.05) is 6.54 Å². The molecule has 28 heavy (non-hydrogen) atoms. The van der Waals surface area contributed by atoms with Crippen LogP contribution in [0.2, 0.25) is 0 Å². The van der Waals surface area contributed by atoms with E-state index in [0.717, 1.165) is 51.4 Å². The Labute approximate surface area is 167 Å². The van der Waals surface area contributed by atoms with Crippen LogP contribution < -0.4 is 10.6 Å². The zero-order valence-electron chi connectivity index (χ0n) is 17.2. The number of nitrogens with zero attached hydrogens (tertiary/aromatic N) is 2. The van der Waals surface area contributed by atoms with Crippen LogP contribution in [-0.2, 0) is 11.3 Å². The van der Waals surface area contributed by atoms with Crippen molar-refractivity contribution in [2.24, 2.45) is 5.92 Å². The summed E-state index contributed by atoms with van der Waals surface area (Å²) in [5, 5.41) is 10.1. The standard InChI is InChI=1S/C21H34N4O3/c1-3-5-9-16(4-2)13-22-21(28)19-12-18(15-26)25(24-19)14-20(27)23-17-10-7-6-8-11-17/h12,15-17H,3-11,13-14H2,1-2H3,(H,22,28)(H,23,27). The minimum atomic E-state index is -0.301. The van der Waals surface area contributed by atoms with Crippen molar-refractivity contribution in [1.82, 2.24) is 20.4 Å². The molecule has 0 bridgehead atoms. The molecule has 2 N–H and O–H groups in total. The Morgan fingerprint density at radius 3 is 2.68 bits per heavy atom. The van der Waals surface area contributed by atoms with Gasteiger partial charge in [-0.2, -0.15) is 5.10 Å². The molecule has 1 heterocycles. The Morgan fingerprint density at radius 1 is 1.29 bits per heavy atom. The van der Waals surface area contributed by atoms with E-state index < -0.39 is 0 Å². The highest BCUT2D eigenvalue weighted by molar-refractivity contribution is 5.93. The molecular formula is C21H34N4O3. The third-order valence-electron chi connectivity index (χ3n) is 5.52. The van der Waals surface area contributed by atoms with Gasteiger partial charge in [0.15, 0.2) is 12.0 Å². The first-order valence-corrected chi connectivity index (χ1v) is 10.7. The minimum absolute atomic E-state index is 0.0497. The molecule has 1 saturated carbocycles. The Morgan fingerprint density at radius 2 is 2.04 bits per heavy atom. The van der Waals surface area contributed by atoms with Crippen molar-refractivity contribution in [3.8, 4) is 0 Å². The number of hydrogen-bond donors (Lipinski definition) is 2. The van der Waals surface area contributed by atoms with Crippen molar-refractivity contribution in [3.05, 3.63) is 17.5 Å². The van der Waals surface area contributed by atoms with Gasteiger partial charge in [0.1, 0.15) is 12.2 Å². The van der Waals surface area contributed by atoms with Gasteiger partial charge in [-0.25, -0.2) is 0 Å². The topological polar surface area (TPSA) is 93.1 Å². The molecule has 1 aliphatic rings. The molecule has 2 amide bonds. The first-order chi connectivity index (χ1) is 13.6. The lowest BCUT2D eigenvalue weighted by Crippen LogP contribution is -2.38. The Bertz CT molecular complexity index is 650. The average molecular weight is 391 g/mol.